The zero-order valence-corrected chi connectivity index (χ0v) is 12.8. The summed E-state index contributed by atoms with van der Waals surface area (Å²) in [5, 5.41) is 8.91. The highest BCUT2D eigenvalue weighted by molar-refractivity contribution is 14.1. The predicted molar refractivity (Wildman–Crippen MR) is 66.9 cm³/mol. The van der Waals surface area contributed by atoms with E-state index in [1.807, 2.05) is 0 Å². The molecule has 0 heterocycles. The van der Waals surface area contributed by atoms with E-state index >= 15 is 0 Å². The molecule has 86 valence electrons. The topological polar surface area (TPSA) is 20.2 Å². The van der Waals surface area contributed by atoms with Gasteiger partial charge >= 0.3 is 0 Å². The molecule has 4 heteroatoms. The Balaban J connectivity index is 0.00000196. The summed E-state index contributed by atoms with van der Waals surface area (Å²) in [5.41, 5.74) is 1.32. The number of aliphatic hydroxyl groups is 1. The number of rotatable bonds is 4. The van der Waals surface area contributed by atoms with Gasteiger partial charge in [-0.3, -0.25) is 0 Å². The lowest BCUT2D eigenvalue weighted by atomic mass is 10.2. The lowest BCUT2D eigenvalue weighted by Crippen LogP contribution is -3.00. The first-order chi connectivity index (χ1) is 6.53. The SMILES string of the molecule is C[N+](C)(CCO)Cc1ccc(I)cc1.[Br-]. The summed E-state index contributed by atoms with van der Waals surface area (Å²) in [4.78, 5) is 0. The fourth-order valence-electron chi connectivity index (χ4n) is 1.43. The molecule has 0 saturated carbocycles. The van der Waals surface area contributed by atoms with Gasteiger partial charge in [-0.25, -0.2) is 0 Å². The van der Waals surface area contributed by atoms with Gasteiger partial charge < -0.3 is 26.6 Å². The molecule has 0 amide bonds. The molecule has 0 saturated heterocycles. The van der Waals surface area contributed by atoms with Gasteiger partial charge in [-0.2, -0.15) is 0 Å². The van der Waals surface area contributed by atoms with Crippen LogP contribution in [-0.4, -0.2) is 36.8 Å². The first-order valence-electron chi connectivity index (χ1n) is 4.71. The van der Waals surface area contributed by atoms with Gasteiger partial charge in [0.05, 0.1) is 20.7 Å². The van der Waals surface area contributed by atoms with Crippen LogP contribution in [0.2, 0.25) is 0 Å². The molecule has 1 N–H and O–H groups in total. The third-order valence-electron chi connectivity index (χ3n) is 2.23. The van der Waals surface area contributed by atoms with Gasteiger partial charge in [0, 0.05) is 9.13 Å². The molecule has 1 aromatic rings. The summed E-state index contributed by atoms with van der Waals surface area (Å²) in [6.07, 6.45) is 0. The van der Waals surface area contributed by atoms with Crippen LogP contribution in [0.15, 0.2) is 24.3 Å². The second-order valence-corrected chi connectivity index (χ2v) is 5.41. The van der Waals surface area contributed by atoms with Crippen molar-refractivity contribution in [2.24, 2.45) is 0 Å². The Morgan fingerprint density at radius 1 is 1.20 bits per heavy atom. The maximum Gasteiger partial charge on any atom is 0.104 e. The molecule has 0 bridgehead atoms. The number of likely N-dealkylation sites (N-methyl/N-ethyl adjacent to an activating group) is 1. The van der Waals surface area contributed by atoms with Crippen LogP contribution < -0.4 is 17.0 Å². The van der Waals surface area contributed by atoms with Crippen molar-refractivity contribution in [2.75, 3.05) is 27.2 Å². The summed E-state index contributed by atoms with van der Waals surface area (Å²) >= 11 is 2.31. The summed E-state index contributed by atoms with van der Waals surface area (Å²) in [7, 11) is 4.27. The largest absolute Gasteiger partial charge is 1.00 e. The third-order valence-corrected chi connectivity index (χ3v) is 2.95. The molecule has 0 unspecified atom stereocenters. The van der Waals surface area contributed by atoms with Crippen molar-refractivity contribution in [3.05, 3.63) is 33.4 Å². The maximum absolute atomic E-state index is 8.91. The van der Waals surface area contributed by atoms with Crippen LogP contribution in [0.5, 0.6) is 0 Å². The van der Waals surface area contributed by atoms with Gasteiger partial charge in [0.25, 0.3) is 0 Å². The lowest BCUT2D eigenvalue weighted by molar-refractivity contribution is -0.903. The van der Waals surface area contributed by atoms with Crippen molar-refractivity contribution in [3.63, 3.8) is 0 Å². The van der Waals surface area contributed by atoms with Gasteiger partial charge in [0.1, 0.15) is 13.1 Å². The quantitative estimate of drug-likeness (QED) is 0.513. The second-order valence-electron chi connectivity index (χ2n) is 4.17. The van der Waals surface area contributed by atoms with E-state index in [0.29, 0.717) is 0 Å². The molecule has 0 aromatic heterocycles. The summed E-state index contributed by atoms with van der Waals surface area (Å²) in [6, 6.07) is 8.54. The van der Waals surface area contributed by atoms with Crippen LogP contribution in [0.1, 0.15) is 5.56 Å². The molecule has 1 aromatic carbocycles. The highest BCUT2D eigenvalue weighted by atomic mass is 127. The van der Waals surface area contributed by atoms with Crippen molar-refractivity contribution in [1.82, 2.24) is 0 Å². The minimum absolute atomic E-state index is 0. The number of quaternary nitrogens is 1. The first kappa shape index (κ1) is 15.3. The predicted octanol–water partition coefficient (Wildman–Crippen LogP) is -1.14. The van der Waals surface area contributed by atoms with E-state index < -0.39 is 0 Å². The number of hydrogen-bond donors (Lipinski definition) is 1. The molecule has 2 nitrogen and oxygen atoms in total. The van der Waals surface area contributed by atoms with Crippen LogP contribution >= 0.6 is 22.6 Å². The standard InChI is InChI=1S/C11H17INO.BrH/c1-13(2,7-8-14)9-10-3-5-11(12)6-4-10;/h3-6,14H,7-9H2,1-2H3;1H/q+1;/p-1. The number of benzene rings is 1. The minimum Gasteiger partial charge on any atom is -1.00 e. The molecule has 0 aliphatic rings. The number of halogens is 2. The molecule has 0 atom stereocenters. The fourth-order valence-corrected chi connectivity index (χ4v) is 1.79. The molecular formula is C11H17BrINO. The van der Waals surface area contributed by atoms with E-state index in [-0.39, 0.29) is 23.6 Å². The monoisotopic (exact) mass is 385 g/mol. The third kappa shape index (κ3) is 5.85. The average Bonchev–Trinajstić information content (AvgIpc) is 2.08. The molecular weight excluding hydrogens is 369 g/mol. The van der Waals surface area contributed by atoms with Crippen molar-refractivity contribution >= 4 is 22.6 Å². The van der Waals surface area contributed by atoms with Crippen LogP contribution in [0, 0.1) is 3.57 Å². The maximum atomic E-state index is 8.91. The molecule has 0 spiro atoms. The second kappa shape index (κ2) is 6.83. The Labute approximate surface area is 116 Å². The van der Waals surface area contributed by atoms with Gasteiger partial charge in [-0.05, 0) is 34.7 Å². The number of hydrogen-bond acceptors (Lipinski definition) is 1. The Morgan fingerprint density at radius 2 is 1.73 bits per heavy atom. The van der Waals surface area contributed by atoms with E-state index in [0.717, 1.165) is 17.6 Å². The van der Waals surface area contributed by atoms with Crippen molar-refractivity contribution < 1.29 is 26.6 Å². The summed E-state index contributed by atoms with van der Waals surface area (Å²) in [5.74, 6) is 0. The molecule has 1 rings (SSSR count). The van der Waals surface area contributed by atoms with Crippen LogP contribution in [0.25, 0.3) is 0 Å². The zero-order valence-electron chi connectivity index (χ0n) is 9.08. The smallest absolute Gasteiger partial charge is 0.104 e. The molecule has 0 fully saturated rings. The molecule has 0 radical (unpaired) electrons. The van der Waals surface area contributed by atoms with E-state index in [1.54, 1.807) is 0 Å². The Morgan fingerprint density at radius 3 is 2.20 bits per heavy atom. The van der Waals surface area contributed by atoms with Crippen molar-refractivity contribution in [1.29, 1.82) is 0 Å². The summed E-state index contributed by atoms with van der Waals surface area (Å²) in [6.45, 7) is 2.01. The van der Waals surface area contributed by atoms with E-state index in [4.69, 9.17) is 5.11 Å². The molecule has 0 aliphatic heterocycles. The molecule has 0 aliphatic carbocycles. The minimum atomic E-state index is 0. The van der Waals surface area contributed by atoms with Crippen molar-refractivity contribution in [3.8, 4) is 0 Å². The van der Waals surface area contributed by atoms with Crippen LogP contribution in [-0.2, 0) is 6.54 Å². The zero-order chi connectivity index (χ0) is 10.6. The van der Waals surface area contributed by atoms with E-state index in [1.165, 1.54) is 9.13 Å². The Bertz CT molecular complexity index is 287. The number of aliphatic hydroxyl groups excluding tert-OH is 1. The van der Waals surface area contributed by atoms with Crippen molar-refractivity contribution in [2.45, 2.75) is 6.54 Å². The van der Waals surface area contributed by atoms with Crippen LogP contribution in [0.3, 0.4) is 0 Å². The summed E-state index contributed by atoms with van der Waals surface area (Å²) < 4.78 is 2.09. The first-order valence-corrected chi connectivity index (χ1v) is 5.79. The highest BCUT2D eigenvalue weighted by Crippen LogP contribution is 2.11. The van der Waals surface area contributed by atoms with E-state index in [2.05, 4.69) is 61.0 Å². The lowest BCUT2D eigenvalue weighted by Gasteiger charge is -2.28. The Hall–Kier alpha value is 0.350. The normalized spacial score (nSPS) is 10.9. The Kier molecular flexibility index (Phi) is 6.99. The van der Waals surface area contributed by atoms with Gasteiger partial charge in [0.2, 0.25) is 0 Å². The fraction of sp³-hybridized carbons (Fsp3) is 0.455. The number of nitrogens with zero attached hydrogens (tertiary/aromatic N) is 1. The van der Waals surface area contributed by atoms with E-state index in [9.17, 15) is 0 Å². The van der Waals surface area contributed by atoms with Gasteiger partial charge in [0.15, 0.2) is 0 Å². The average molecular weight is 386 g/mol. The van der Waals surface area contributed by atoms with Crippen LogP contribution in [0.4, 0.5) is 0 Å². The van der Waals surface area contributed by atoms with Gasteiger partial charge in [-0.15, -0.1) is 0 Å². The highest BCUT2D eigenvalue weighted by Gasteiger charge is 2.14. The van der Waals surface area contributed by atoms with Gasteiger partial charge in [-0.1, -0.05) is 12.1 Å². The molecule has 15 heavy (non-hydrogen) atoms.